The molecule has 0 fully saturated rings. The van der Waals surface area contributed by atoms with Crippen LogP contribution < -0.4 is 20.7 Å². The molecule has 0 aliphatic rings. The summed E-state index contributed by atoms with van der Waals surface area (Å²) in [7, 11) is 3.36. The highest BCUT2D eigenvalue weighted by atomic mass is 127. The Morgan fingerprint density at radius 3 is 2.50 bits per heavy atom. The summed E-state index contributed by atoms with van der Waals surface area (Å²) in [5, 5.41) is 9.12. The molecule has 0 aromatic heterocycles. The van der Waals surface area contributed by atoms with Crippen molar-refractivity contribution in [3.8, 4) is 5.75 Å². The lowest BCUT2D eigenvalue weighted by atomic mass is 10.1. The number of guanidine groups is 1. The van der Waals surface area contributed by atoms with Crippen molar-refractivity contribution in [2.45, 2.75) is 6.42 Å². The molecule has 8 heteroatoms. The molecule has 0 spiro atoms. The second kappa shape index (κ2) is 13.4. The molecule has 28 heavy (non-hydrogen) atoms. The number of carbonyl (C=O) groups is 1. The minimum Gasteiger partial charge on any atom is -0.492 e. The fraction of sp³-hybridized carbons (Fsp3) is 0.300. The van der Waals surface area contributed by atoms with Crippen LogP contribution in [-0.2, 0) is 6.42 Å². The van der Waals surface area contributed by atoms with Gasteiger partial charge in [-0.3, -0.25) is 9.79 Å². The molecule has 3 N–H and O–H groups in total. The van der Waals surface area contributed by atoms with Crippen LogP contribution in [0, 0.1) is 0 Å². The summed E-state index contributed by atoms with van der Waals surface area (Å²) in [5.41, 5.74) is 1.76. The van der Waals surface area contributed by atoms with Crippen molar-refractivity contribution in [3.05, 3.63) is 64.1 Å². The molecule has 0 atom stereocenters. The minimum absolute atomic E-state index is 0. The fourth-order valence-electron chi connectivity index (χ4n) is 2.43. The Hall–Kier alpha value is -1.81. The highest BCUT2D eigenvalue weighted by Gasteiger charge is 2.04. The van der Waals surface area contributed by atoms with Gasteiger partial charge in [0.05, 0.1) is 6.54 Å². The van der Waals surface area contributed by atoms with Crippen molar-refractivity contribution in [1.82, 2.24) is 16.0 Å². The number of nitrogens with one attached hydrogen (secondary N) is 3. The van der Waals surface area contributed by atoms with Gasteiger partial charge in [-0.05, 0) is 48.4 Å². The van der Waals surface area contributed by atoms with Gasteiger partial charge in [0, 0.05) is 30.7 Å². The molecule has 0 aliphatic heterocycles. The molecule has 152 valence electrons. The van der Waals surface area contributed by atoms with Gasteiger partial charge in [0.1, 0.15) is 12.4 Å². The van der Waals surface area contributed by atoms with Gasteiger partial charge in [0.15, 0.2) is 5.96 Å². The Balaban J connectivity index is 0.00000392. The largest absolute Gasteiger partial charge is 0.492 e. The van der Waals surface area contributed by atoms with Crippen LogP contribution in [0.4, 0.5) is 0 Å². The maximum absolute atomic E-state index is 11.7. The van der Waals surface area contributed by atoms with Crippen molar-refractivity contribution in [2.75, 3.05) is 33.8 Å². The number of ether oxygens (including phenoxy) is 1. The molecule has 2 aromatic rings. The quantitative estimate of drug-likeness (QED) is 0.201. The maximum atomic E-state index is 11.7. The summed E-state index contributed by atoms with van der Waals surface area (Å²) in [5.74, 6) is 1.48. The molecular formula is C20H26BrIN4O2. The lowest BCUT2D eigenvalue weighted by Crippen LogP contribution is -2.40. The van der Waals surface area contributed by atoms with E-state index < -0.39 is 0 Å². The van der Waals surface area contributed by atoms with Crippen LogP contribution in [0.2, 0.25) is 0 Å². The van der Waals surface area contributed by atoms with E-state index in [2.05, 4.69) is 36.9 Å². The number of benzene rings is 2. The summed E-state index contributed by atoms with van der Waals surface area (Å²) < 4.78 is 6.70. The van der Waals surface area contributed by atoms with Gasteiger partial charge in [-0.15, -0.1) is 24.0 Å². The van der Waals surface area contributed by atoms with Crippen LogP contribution in [0.15, 0.2) is 58.0 Å². The number of amides is 1. The monoisotopic (exact) mass is 560 g/mol. The molecule has 0 bridgehead atoms. The van der Waals surface area contributed by atoms with Crippen molar-refractivity contribution in [2.24, 2.45) is 4.99 Å². The predicted molar refractivity (Wildman–Crippen MR) is 128 cm³/mol. The number of halogens is 2. The zero-order valence-corrected chi connectivity index (χ0v) is 19.9. The summed E-state index contributed by atoms with van der Waals surface area (Å²) in [4.78, 5) is 15.9. The molecule has 6 nitrogen and oxygen atoms in total. The van der Waals surface area contributed by atoms with Crippen LogP contribution in [0.1, 0.15) is 15.9 Å². The molecule has 1 amide bonds. The maximum Gasteiger partial charge on any atom is 0.251 e. The fourth-order valence-corrected chi connectivity index (χ4v) is 2.69. The first-order valence-electron chi connectivity index (χ1n) is 8.76. The third-order valence-electron chi connectivity index (χ3n) is 3.82. The zero-order chi connectivity index (χ0) is 19.5. The van der Waals surface area contributed by atoms with Gasteiger partial charge in [-0.2, -0.15) is 0 Å². The average molecular weight is 561 g/mol. The predicted octanol–water partition coefficient (Wildman–Crippen LogP) is 3.21. The van der Waals surface area contributed by atoms with Gasteiger partial charge >= 0.3 is 0 Å². The molecular weight excluding hydrogens is 535 g/mol. The van der Waals surface area contributed by atoms with Crippen LogP contribution in [0.3, 0.4) is 0 Å². The van der Waals surface area contributed by atoms with Crippen LogP contribution in [0.25, 0.3) is 0 Å². The van der Waals surface area contributed by atoms with Crippen molar-refractivity contribution >= 4 is 51.8 Å². The molecule has 0 saturated carbocycles. The summed E-state index contributed by atoms with van der Waals surface area (Å²) in [6.45, 7) is 1.89. The van der Waals surface area contributed by atoms with Crippen LogP contribution in [0.5, 0.6) is 5.75 Å². The number of rotatable bonds is 8. The van der Waals surface area contributed by atoms with Gasteiger partial charge in [-0.1, -0.05) is 28.1 Å². The highest BCUT2D eigenvalue weighted by molar-refractivity contribution is 14.0. The third-order valence-corrected chi connectivity index (χ3v) is 4.35. The Labute approximate surface area is 191 Å². The Morgan fingerprint density at radius 2 is 1.82 bits per heavy atom. The molecule has 0 radical (unpaired) electrons. The van der Waals surface area contributed by atoms with E-state index in [9.17, 15) is 4.79 Å². The highest BCUT2D eigenvalue weighted by Crippen LogP contribution is 2.15. The smallest absolute Gasteiger partial charge is 0.251 e. The van der Waals surface area contributed by atoms with Crippen LogP contribution in [-0.4, -0.2) is 45.7 Å². The first kappa shape index (κ1) is 24.2. The first-order valence-corrected chi connectivity index (χ1v) is 9.55. The van der Waals surface area contributed by atoms with Crippen molar-refractivity contribution in [3.63, 3.8) is 0 Å². The van der Waals surface area contributed by atoms with E-state index in [1.165, 1.54) is 0 Å². The second-order valence-electron chi connectivity index (χ2n) is 5.76. The first-order chi connectivity index (χ1) is 13.1. The van der Waals surface area contributed by atoms with Gasteiger partial charge in [-0.25, -0.2) is 0 Å². The Kier molecular flexibility index (Phi) is 11.6. The number of hydrogen-bond acceptors (Lipinski definition) is 3. The number of carbonyl (C=O) groups excluding carboxylic acids is 1. The third kappa shape index (κ3) is 8.47. The molecule has 2 aromatic carbocycles. The minimum atomic E-state index is -0.0759. The second-order valence-corrected chi connectivity index (χ2v) is 6.67. The summed E-state index contributed by atoms with van der Waals surface area (Å²) in [6, 6.07) is 15.4. The van der Waals surface area contributed by atoms with E-state index in [0.29, 0.717) is 25.3 Å². The van der Waals surface area contributed by atoms with E-state index in [1.54, 1.807) is 14.1 Å². The number of aliphatic imine (C=N–C) groups is 1. The van der Waals surface area contributed by atoms with E-state index in [1.807, 2.05) is 48.5 Å². The summed E-state index contributed by atoms with van der Waals surface area (Å²) >= 11 is 3.40. The standard InChI is InChI=1S/C20H25BrN4O2.HI/c1-22-19(26)16-5-3-4-15(14-16)10-11-24-20(23-2)25-12-13-27-18-8-6-17(21)7-9-18;/h3-9,14H,10-13H2,1-2H3,(H,22,26)(H2,23,24,25);1H. The van der Waals surface area contributed by atoms with E-state index in [0.717, 1.165) is 28.2 Å². The topological polar surface area (TPSA) is 74.8 Å². The summed E-state index contributed by atoms with van der Waals surface area (Å²) in [6.07, 6.45) is 0.793. The number of hydrogen-bond donors (Lipinski definition) is 3. The molecule has 0 heterocycles. The van der Waals surface area contributed by atoms with Gasteiger partial charge < -0.3 is 20.7 Å². The number of nitrogens with zero attached hydrogens (tertiary/aromatic N) is 1. The van der Waals surface area contributed by atoms with E-state index in [-0.39, 0.29) is 29.9 Å². The van der Waals surface area contributed by atoms with E-state index in [4.69, 9.17) is 4.74 Å². The molecule has 0 aliphatic carbocycles. The van der Waals surface area contributed by atoms with Gasteiger partial charge in [0.2, 0.25) is 0 Å². The van der Waals surface area contributed by atoms with Crippen molar-refractivity contribution in [1.29, 1.82) is 0 Å². The Morgan fingerprint density at radius 1 is 1.11 bits per heavy atom. The Bertz CT molecular complexity index is 769. The normalized spacial score (nSPS) is 10.6. The lowest BCUT2D eigenvalue weighted by Gasteiger charge is -2.13. The van der Waals surface area contributed by atoms with Crippen LogP contribution >= 0.6 is 39.9 Å². The molecule has 0 saturated heterocycles. The lowest BCUT2D eigenvalue weighted by molar-refractivity contribution is 0.0963. The average Bonchev–Trinajstić information content (AvgIpc) is 2.70. The van der Waals surface area contributed by atoms with E-state index >= 15 is 0 Å². The zero-order valence-electron chi connectivity index (χ0n) is 16.0. The SMILES string of the molecule is CN=C(NCCOc1ccc(Br)cc1)NCCc1cccc(C(=O)NC)c1.I. The van der Waals surface area contributed by atoms with Gasteiger partial charge in [0.25, 0.3) is 5.91 Å². The molecule has 2 rings (SSSR count). The molecule has 0 unspecified atom stereocenters. The van der Waals surface area contributed by atoms with Crippen molar-refractivity contribution < 1.29 is 9.53 Å².